The fourth-order valence-electron chi connectivity index (χ4n) is 3.23. The Kier molecular flexibility index (Phi) is 5.29. The Bertz CT molecular complexity index is 1040. The summed E-state index contributed by atoms with van der Waals surface area (Å²) in [6.45, 7) is 4.11. The molecule has 1 saturated carbocycles. The van der Waals surface area contributed by atoms with Crippen molar-refractivity contribution in [3.8, 4) is 0 Å². The van der Waals surface area contributed by atoms with Gasteiger partial charge in [0.2, 0.25) is 0 Å². The Morgan fingerprint density at radius 1 is 1.24 bits per heavy atom. The van der Waals surface area contributed by atoms with Crippen LogP contribution in [0.4, 0.5) is 0 Å². The van der Waals surface area contributed by atoms with Crippen LogP contribution >= 0.6 is 0 Å². The summed E-state index contributed by atoms with van der Waals surface area (Å²) in [5.41, 5.74) is 2.98. The van der Waals surface area contributed by atoms with Gasteiger partial charge < -0.3 is 10.1 Å². The molecule has 4 rings (SSSR count). The Morgan fingerprint density at radius 3 is 2.69 bits per heavy atom. The quantitative estimate of drug-likeness (QED) is 0.623. The molecule has 0 atom stereocenters. The van der Waals surface area contributed by atoms with Gasteiger partial charge in [-0.2, -0.15) is 5.10 Å². The monoisotopic (exact) mass is 392 g/mol. The molecule has 0 unspecified atom stereocenters. The van der Waals surface area contributed by atoms with E-state index in [1.807, 2.05) is 48.9 Å². The molecule has 0 radical (unpaired) electrons. The van der Waals surface area contributed by atoms with E-state index in [0.717, 1.165) is 24.1 Å². The molecule has 150 valence electrons. The maximum atomic E-state index is 12.7. The number of benzene rings is 1. The topological polar surface area (TPSA) is 86.1 Å². The maximum absolute atomic E-state index is 12.7. The van der Waals surface area contributed by atoms with Crippen molar-refractivity contribution in [1.29, 1.82) is 0 Å². The van der Waals surface area contributed by atoms with E-state index in [9.17, 15) is 9.59 Å². The Morgan fingerprint density at radius 2 is 2.00 bits per heavy atom. The molecule has 2 heterocycles. The molecular formula is C22H24N4O3. The summed E-state index contributed by atoms with van der Waals surface area (Å²) in [6.07, 6.45) is 3.79. The van der Waals surface area contributed by atoms with Gasteiger partial charge in [-0.05, 0) is 38.3 Å². The Hall–Kier alpha value is -3.22. The first-order valence-electron chi connectivity index (χ1n) is 9.89. The average molecular weight is 392 g/mol. The van der Waals surface area contributed by atoms with Crippen molar-refractivity contribution in [2.75, 3.05) is 6.61 Å². The van der Waals surface area contributed by atoms with E-state index in [0.29, 0.717) is 29.1 Å². The van der Waals surface area contributed by atoms with E-state index >= 15 is 0 Å². The van der Waals surface area contributed by atoms with Crippen LogP contribution in [0.15, 0.2) is 42.6 Å². The third kappa shape index (κ3) is 4.29. The summed E-state index contributed by atoms with van der Waals surface area (Å²) in [6, 6.07) is 11.5. The second kappa shape index (κ2) is 8.03. The third-order valence-corrected chi connectivity index (χ3v) is 4.96. The summed E-state index contributed by atoms with van der Waals surface area (Å²) in [7, 11) is 0. The van der Waals surface area contributed by atoms with Gasteiger partial charge in [-0.3, -0.25) is 4.79 Å². The highest BCUT2D eigenvalue weighted by Crippen LogP contribution is 2.40. The smallest absolute Gasteiger partial charge is 0.339 e. The van der Waals surface area contributed by atoms with Crippen molar-refractivity contribution >= 4 is 22.9 Å². The molecule has 1 aliphatic rings. The zero-order valence-electron chi connectivity index (χ0n) is 16.6. The molecule has 0 saturated heterocycles. The normalized spacial score (nSPS) is 13.6. The van der Waals surface area contributed by atoms with Crippen LogP contribution in [0.3, 0.4) is 0 Å². The van der Waals surface area contributed by atoms with Crippen molar-refractivity contribution < 1.29 is 14.3 Å². The number of hydrogen-bond acceptors (Lipinski definition) is 5. The molecule has 2 aromatic heterocycles. The average Bonchev–Trinajstić information content (AvgIpc) is 3.49. The molecule has 7 heteroatoms. The van der Waals surface area contributed by atoms with Crippen molar-refractivity contribution in [1.82, 2.24) is 20.1 Å². The predicted octanol–water partition coefficient (Wildman–Crippen LogP) is 3.36. The van der Waals surface area contributed by atoms with Crippen LogP contribution in [-0.2, 0) is 16.1 Å². The zero-order chi connectivity index (χ0) is 20.4. The fraction of sp³-hybridized carbons (Fsp3) is 0.364. The van der Waals surface area contributed by atoms with Crippen LogP contribution in [0.1, 0.15) is 60.3 Å². The number of nitrogens with zero attached hydrogens (tertiary/aromatic N) is 3. The van der Waals surface area contributed by atoms with E-state index in [4.69, 9.17) is 9.72 Å². The number of aromatic nitrogens is 3. The largest absolute Gasteiger partial charge is 0.452 e. The summed E-state index contributed by atoms with van der Waals surface area (Å²) >= 11 is 0. The highest BCUT2D eigenvalue weighted by atomic mass is 16.5. The molecule has 1 N–H and O–H groups in total. The van der Waals surface area contributed by atoms with Gasteiger partial charge in [-0.1, -0.05) is 30.3 Å². The summed E-state index contributed by atoms with van der Waals surface area (Å²) < 4.78 is 7.11. The number of esters is 1. The number of pyridine rings is 1. The summed E-state index contributed by atoms with van der Waals surface area (Å²) in [5, 5.41) is 7.79. The number of rotatable bonds is 7. The number of carbonyl (C=O) groups is 2. The van der Waals surface area contributed by atoms with Gasteiger partial charge in [0.25, 0.3) is 5.91 Å². The van der Waals surface area contributed by atoms with Gasteiger partial charge in [0.1, 0.15) is 0 Å². The van der Waals surface area contributed by atoms with E-state index < -0.39 is 5.97 Å². The first-order valence-corrected chi connectivity index (χ1v) is 9.89. The first-order chi connectivity index (χ1) is 14.0. The van der Waals surface area contributed by atoms with E-state index in [1.165, 1.54) is 0 Å². The van der Waals surface area contributed by atoms with Gasteiger partial charge in [0.15, 0.2) is 12.3 Å². The molecule has 0 spiro atoms. The van der Waals surface area contributed by atoms with Crippen LogP contribution < -0.4 is 5.32 Å². The van der Waals surface area contributed by atoms with E-state index in [-0.39, 0.29) is 18.6 Å². The lowest BCUT2D eigenvalue weighted by Crippen LogP contribution is -2.28. The lowest BCUT2D eigenvalue weighted by molar-refractivity contribution is -0.124. The van der Waals surface area contributed by atoms with Crippen molar-refractivity contribution in [3.63, 3.8) is 0 Å². The standard InChI is InChI=1S/C22H24N4O3/c1-14(2)26-21-18(12-24-26)17(10-19(25-21)16-8-9-16)22(28)29-13-20(27)23-11-15-6-4-3-5-7-15/h3-7,10,12,14,16H,8-9,11,13H2,1-2H3,(H,23,27). The molecular weight excluding hydrogens is 368 g/mol. The van der Waals surface area contributed by atoms with Crippen LogP contribution in [0, 0.1) is 0 Å². The number of fused-ring (bicyclic) bond motifs is 1. The van der Waals surface area contributed by atoms with Gasteiger partial charge in [-0.15, -0.1) is 0 Å². The molecule has 0 aliphatic heterocycles. The lowest BCUT2D eigenvalue weighted by Gasteiger charge is -2.10. The number of nitrogens with one attached hydrogen (secondary N) is 1. The minimum atomic E-state index is -0.530. The van der Waals surface area contributed by atoms with Gasteiger partial charge in [0.05, 0.1) is 17.1 Å². The highest BCUT2D eigenvalue weighted by molar-refractivity contribution is 6.03. The van der Waals surface area contributed by atoms with E-state index in [1.54, 1.807) is 12.3 Å². The molecule has 1 aliphatic carbocycles. The Balaban J connectivity index is 1.47. The molecule has 1 aromatic carbocycles. The summed E-state index contributed by atoms with van der Waals surface area (Å²) in [5.74, 6) is -0.485. The zero-order valence-corrected chi connectivity index (χ0v) is 16.6. The first kappa shape index (κ1) is 19.1. The second-order valence-electron chi connectivity index (χ2n) is 7.63. The summed E-state index contributed by atoms with van der Waals surface area (Å²) in [4.78, 5) is 29.6. The molecule has 1 fully saturated rings. The number of hydrogen-bond donors (Lipinski definition) is 1. The minimum Gasteiger partial charge on any atom is -0.452 e. The molecule has 1 amide bonds. The fourth-order valence-corrected chi connectivity index (χ4v) is 3.23. The minimum absolute atomic E-state index is 0.127. The van der Waals surface area contributed by atoms with Gasteiger partial charge >= 0.3 is 5.97 Å². The molecule has 3 aromatic rings. The molecule has 29 heavy (non-hydrogen) atoms. The van der Waals surface area contributed by atoms with E-state index in [2.05, 4.69) is 10.4 Å². The number of ether oxygens (including phenoxy) is 1. The van der Waals surface area contributed by atoms with Gasteiger partial charge in [0, 0.05) is 24.2 Å². The van der Waals surface area contributed by atoms with Crippen molar-refractivity contribution in [2.45, 2.75) is 45.2 Å². The lowest BCUT2D eigenvalue weighted by atomic mass is 10.1. The molecule has 0 bridgehead atoms. The Labute approximate surface area is 169 Å². The van der Waals surface area contributed by atoms with Gasteiger partial charge in [-0.25, -0.2) is 14.5 Å². The van der Waals surface area contributed by atoms with Crippen molar-refractivity contribution in [2.24, 2.45) is 0 Å². The predicted molar refractivity (Wildman–Crippen MR) is 108 cm³/mol. The SMILES string of the molecule is CC(C)n1ncc2c(C(=O)OCC(=O)NCc3ccccc3)cc(C3CC3)nc21. The van der Waals surface area contributed by atoms with Crippen molar-refractivity contribution in [3.05, 3.63) is 59.4 Å². The number of amides is 1. The third-order valence-electron chi connectivity index (χ3n) is 4.96. The van der Waals surface area contributed by atoms with Crippen LogP contribution in [0.2, 0.25) is 0 Å². The molecule has 7 nitrogen and oxygen atoms in total. The second-order valence-corrected chi connectivity index (χ2v) is 7.63. The van der Waals surface area contributed by atoms with Crippen LogP contribution in [0.25, 0.3) is 11.0 Å². The van der Waals surface area contributed by atoms with Crippen LogP contribution in [-0.4, -0.2) is 33.2 Å². The highest BCUT2D eigenvalue weighted by Gasteiger charge is 2.28. The maximum Gasteiger partial charge on any atom is 0.339 e. The number of carbonyl (C=O) groups excluding carboxylic acids is 2. The van der Waals surface area contributed by atoms with Crippen LogP contribution in [0.5, 0.6) is 0 Å².